The van der Waals surface area contributed by atoms with Crippen molar-refractivity contribution in [3.8, 4) is 0 Å². The van der Waals surface area contributed by atoms with Gasteiger partial charge in [-0.3, -0.25) is 14.4 Å². The van der Waals surface area contributed by atoms with E-state index in [2.05, 4.69) is 20.9 Å². The molecule has 9 nitrogen and oxygen atoms in total. The molecule has 224 valence electrons. The van der Waals surface area contributed by atoms with Gasteiger partial charge in [0.05, 0.1) is 6.04 Å². The van der Waals surface area contributed by atoms with Crippen LogP contribution in [-0.4, -0.2) is 72.1 Å². The van der Waals surface area contributed by atoms with Gasteiger partial charge in [0, 0.05) is 25.3 Å². The average molecular weight is 566 g/mol. The summed E-state index contributed by atoms with van der Waals surface area (Å²) in [6.45, 7) is 6.62. The van der Waals surface area contributed by atoms with Crippen LogP contribution >= 0.6 is 0 Å². The first-order valence-corrected chi connectivity index (χ1v) is 15.3. The van der Waals surface area contributed by atoms with Gasteiger partial charge in [-0.25, -0.2) is 0 Å². The molecule has 4 rings (SSSR count). The van der Waals surface area contributed by atoms with Crippen LogP contribution in [0.1, 0.15) is 83.3 Å². The van der Waals surface area contributed by atoms with Crippen molar-refractivity contribution >= 4 is 24.0 Å². The number of rotatable bonds is 9. The molecule has 0 saturated heterocycles. The molecule has 0 bridgehead atoms. The third-order valence-corrected chi connectivity index (χ3v) is 9.03. The van der Waals surface area contributed by atoms with Crippen LogP contribution in [0.15, 0.2) is 36.2 Å². The van der Waals surface area contributed by atoms with Gasteiger partial charge >= 0.3 is 0 Å². The summed E-state index contributed by atoms with van der Waals surface area (Å²) < 4.78 is 0. The van der Waals surface area contributed by atoms with Crippen LogP contribution in [0, 0.1) is 5.92 Å². The molecular formula is C32H47N5O4. The highest BCUT2D eigenvalue weighted by Gasteiger charge is 2.41. The zero-order chi connectivity index (χ0) is 29.6. The Hall–Kier alpha value is -3.20. The van der Waals surface area contributed by atoms with Crippen LogP contribution < -0.4 is 16.0 Å². The standard InChI is InChI=1S/C32H47N5O4/c1-22(2)28(34-29(39)23(3)33-4)31(41)37-19-11-18-36(25-14-6-5-7-15-25)20-27(37)30(40)35-32(21-38)17-10-13-24-12-8-9-16-26(24)32/h8-9,12,16,20-23,25,28,33H,5-7,10-11,13-15,17-19H2,1-4H3,(H,34,39)(H,35,40). The smallest absolute Gasteiger partial charge is 0.270 e. The fraction of sp³-hybridized carbons (Fsp3) is 0.625. The molecule has 1 fully saturated rings. The maximum atomic E-state index is 14.2. The largest absolute Gasteiger partial charge is 0.372 e. The molecule has 1 saturated carbocycles. The number of benzene rings is 1. The lowest BCUT2D eigenvalue weighted by molar-refractivity contribution is -0.138. The minimum Gasteiger partial charge on any atom is -0.372 e. The third kappa shape index (κ3) is 6.83. The van der Waals surface area contributed by atoms with Gasteiger partial charge in [0.1, 0.15) is 23.6 Å². The van der Waals surface area contributed by atoms with E-state index in [1.165, 1.54) is 6.42 Å². The Labute approximate surface area is 244 Å². The molecule has 3 amide bonds. The zero-order valence-electron chi connectivity index (χ0n) is 25.1. The van der Waals surface area contributed by atoms with Crippen LogP contribution in [-0.2, 0) is 31.1 Å². The van der Waals surface area contributed by atoms with E-state index in [9.17, 15) is 19.2 Å². The van der Waals surface area contributed by atoms with E-state index in [1.807, 2.05) is 44.3 Å². The molecule has 41 heavy (non-hydrogen) atoms. The predicted octanol–water partition coefficient (Wildman–Crippen LogP) is 2.99. The molecule has 1 aromatic rings. The van der Waals surface area contributed by atoms with Crippen LogP contribution in [0.2, 0.25) is 0 Å². The fourth-order valence-corrected chi connectivity index (χ4v) is 6.44. The van der Waals surface area contributed by atoms with Gasteiger partial charge in [-0.05, 0) is 69.5 Å². The second-order valence-electron chi connectivity index (χ2n) is 12.2. The van der Waals surface area contributed by atoms with Gasteiger partial charge in [-0.1, -0.05) is 57.4 Å². The maximum absolute atomic E-state index is 14.2. The molecule has 2 aliphatic carbocycles. The van der Waals surface area contributed by atoms with Gasteiger partial charge in [0.25, 0.3) is 5.91 Å². The van der Waals surface area contributed by atoms with E-state index in [0.29, 0.717) is 25.4 Å². The molecule has 0 aromatic heterocycles. The van der Waals surface area contributed by atoms with Crippen molar-refractivity contribution in [2.75, 3.05) is 20.1 Å². The number of amides is 3. The van der Waals surface area contributed by atoms with Crippen molar-refractivity contribution in [1.29, 1.82) is 0 Å². The van der Waals surface area contributed by atoms with Gasteiger partial charge in [0.15, 0.2) is 0 Å². The molecule has 1 aromatic carbocycles. The number of nitrogens with zero attached hydrogens (tertiary/aromatic N) is 2. The number of carbonyl (C=O) groups excluding carboxylic acids is 4. The second kappa shape index (κ2) is 13.6. The van der Waals surface area contributed by atoms with E-state index in [0.717, 1.165) is 62.5 Å². The quantitative estimate of drug-likeness (QED) is 0.397. The Morgan fingerprint density at radius 1 is 1.00 bits per heavy atom. The third-order valence-electron chi connectivity index (χ3n) is 9.03. The van der Waals surface area contributed by atoms with Crippen molar-refractivity contribution < 1.29 is 19.2 Å². The highest BCUT2D eigenvalue weighted by atomic mass is 16.2. The number of hydrogen-bond donors (Lipinski definition) is 3. The van der Waals surface area contributed by atoms with E-state index >= 15 is 0 Å². The molecule has 1 heterocycles. The van der Waals surface area contributed by atoms with E-state index in [4.69, 9.17) is 0 Å². The Morgan fingerprint density at radius 3 is 2.41 bits per heavy atom. The molecule has 3 N–H and O–H groups in total. The summed E-state index contributed by atoms with van der Waals surface area (Å²) >= 11 is 0. The fourth-order valence-electron chi connectivity index (χ4n) is 6.44. The highest BCUT2D eigenvalue weighted by molar-refractivity contribution is 6.01. The summed E-state index contributed by atoms with van der Waals surface area (Å²) in [5.74, 6) is -1.22. The Morgan fingerprint density at radius 2 is 1.73 bits per heavy atom. The topological polar surface area (TPSA) is 111 Å². The van der Waals surface area contributed by atoms with E-state index in [1.54, 1.807) is 18.9 Å². The van der Waals surface area contributed by atoms with Crippen molar-refractivity contribution in [2.45, 2.75) is 102 Å². The van der Waals surface area contributed by atoms with Crippen molar-refractivity contribution in [3.63, 3.8) is 0 Å². The minimum absolute atomic E-state index is 0.191. The lowest BCUT2D eigenvalue weighted by Gasteiger charge is -2.37. The van der Waals surface area contributed by atoms with Crippen LogP contribution in [0.25, 0.3) is 0 Å². The molecular weight excluding hydrogens is 518 g/mol. The molecule has 3 aliphatic rings. The lowest BCUT2D eigenvalue weighted by atomic mass is 9.77. The number of fused-ring (bicyclic) bond motifs is 1. The number of likely N-dealkylation sites (N-methyl/N-ethyl adjacent to an activating group) is 1. The van der Waals surface area contributed by atoms with Crippen molar-refractivity contribution in [2.24, 2.45) is 5.92 Å². The molecule has 1 aliphatic heterocycles. The summed E-state index contributed by atoms with van der Waals surface area (Å²) in [7, 11) is 1.70. The van der Waals surface area contributed by atoms with Crippen molar-refractivity contribution in [1.82, 2.24) is 25.8 Å². The van der Waals surface area contributed by atoms with Gasteiger partial charge in [0.2, 0.25) is 11.8 Å². The summed E-state index contributed by atoms with van der Waals surface area (Å²) in [6.07, 6.45) is 11.1. The number of nitrogens with one attached hydrogen (secondary N) is 3. The average Bonchev–Trinajstić information content (AvgIpc) is 3.23. The summed E-state index contributed by atoms with van der Waals surface area (Å²) in [5, 5.41) is 8.92. The van der Waals surface area contributed by atoms with Crippen LogP contribution in [0.4, 0.5) is 0 Å². The number of hydrogen-bond acceptors (Lipinski definition) is 6. The normalized spacial score (nSPS) is 23.1. The molecule has 3 unspecified atom stereocenters. The number of aryl methyl sites for hydroxylation is 1. The Bertz CT molecular complexity index is 1140. The van der Waals surface area contributed by atoms with E-state index in [-0.39, 0.29) is 23.4 Å². The molecule has 9 heteroatoms. The monoisotopic (exact) mass is 565 g/mol. The number of carbonyl (C=O) groups is 4. The first kappa shape index (κ1) is 30.8. The maximum Gasteiger partial charge on any atom is 0.270 e. The van der Waals surface area contributed by atoms with Crippen LogP contribution in [0.5, 0.6) is 0 Å². The van der Waals surface area contributed by atoms with Gasteiger partial charge in [-0.15, -0.1) is 0 Å². The second-order valence-corrected chi connectivity index (χ2v) is 12.2. The molecule has 0 radical (unpaired) electrons. The summed E-state index contributed by atoms with van der Waals surface area (Å²) in [4.78, 5) is 57.7. The Kier molecular flexibility index (Phi) is 10.2. The van der Waals surface area contributed by atoms with Gasteiger partial charge < -0.3 is 30.5 Å². The van der Waals surface area contributed by atoms with Gasteiger partial charge in [-0.2, -0.15) is 0 Å². The first-order chi connectivity index (χ1) is 19.7. The van der Waals surface area contributed by atoms with Crippen LogP contribution in [0.3, 0.4) is 0 Å². The first-order valence-electron chi connectivity index (χ1n) is 15.3. The summed E-state index contributed by atoms with van der Waals surface area (Å²) in [5.41, 5.74) is 0.958. The predicted molar refractivity (Wildman–Crippen MR) is 159 cm³/mol. The summed E-state index contributed by atoms with van der Waals surface area (Å²) in [6, 6.07) is 6.81. The SMILES string of the molecule is CNC(C)C(=O)NC(C(=O)N1CCCN(C2CCCCC2)C=C1C(=O)NC1(C=O)CCCc2ccccc21)C(C)C. The number of aldehydes is 1. The van der Waals surface area contributed by atoms with E-state index < -0.39 is 23.5 Å². The minimum atomic E-state index is -1.16. The zero-order valence-corrected chi connectivity index (χ0v) is 25.1. The Balaban J connectivity index is 1.70. The molecule has 0 spiro atoms. The highest BCUT2D eigenvalue weighted by Crippen LogP contribution is 2.35. The lowest BCUT2D eigenvalue weighted by Crippen LogP contribution is -2.56. The van der Waals surface area contributed by atoms with Crippen molar-refractivity contribution in [3.05, 3.63) is 47.3 Å². The molecule has 3 atom stereocenters.